The number of piperidine rings is 1. The molecule has 0 aliphatic carbocycles. The molecule has 1 aromatic carbocycles. The lowest BCUT2D eigenvalue weighted by Crippen LogP contribution is -2.47. The van der Waals surface area contributed by atoms with Gasteiger partial charge in [0.15, 0.2) is 0 Å². The number of carbonyl (C=O) groups is 2. The van der Waals surface area contributed by atoms with Crippen LogP contribution in [0.3, 0.4) is 0 Å². The highest BCUT2D eigenvalue weighted by atomic mass is 16.3. The Balaban J connectivity index is 1.32. The van der Waals surface area contributed by atoms with Crippen LogP contribution in [0.4, 0.5) is 0 Å². The van der Waals surface area contributed by atoms with Crippen molar-refractivity contribution in [3.8, 4) is 0 Å². The number of carbonyl (C=O) groups excluding carboxylic acids is 2. The second kappa shape index (κ2) is 8.57. The summed E-state index contributed by atoms with van der Waals surface area (Å²) in [6, 6.07) is 7.63. The van der Waals surface area contributed by atoms with Crippen molar-refractivity contribution in [2.24, 2.45) is 5.92 Å². The van der Waals surface area contributed by atoms with Gasteiger partial charge in [-0.1, -0.05) is 0 Å². The minimum atomic E-state index is 0.0841. The number of rotatable bonds is 4. The maximum absolute atomic E-state index is 13.0. The van der Waals surface area contributed by atoms with E-state index in [1.807, 2.05) is 41.0 Å². The van der Waals surface area contributed by atoms with Gasteiger partial charge in [-0.15, -0.1) is 0 Å². The largest absolute Gasteiger partial charge is 0.461 e. The van der Waals surface area contributed by atoms with Crippen LogP contribution in [0.5, 0.6) is 0 Å². The van der Waals surface area contributed by atoms with Crippen LogP contribution in [0, 0.1) is 12.8 Å². The zero-order valence-electron chi connectivity index (χ0n) is 17.5. The molecule has 0 bridgehead atoms. The first-order chi connectivity index (χ1) is 14.0. The Morgan fingerprint density at radius 1 is 1.07 bits per heavy atom. The average molecular weight is 398 g/mol. The van der Waals surface area contributed by atoms with E-state index in [1.165, 1.54) is 0 Å². The van der Waals surface area contributed by atoms with Crippen molar-refractivity contribution >= 4 is 22.8 Å². The fourth-order valence-electron chi connectivity index (χ4n) is 4.52. The average Bonchev–Trinajstić information content (AvgIpc) is 3.11. The third kappa shape index (κ3) is 4.64. The maximum atomic E-state index is 13.0. The second-order valence-corrected chi connectivity index (χ2v) is 8.59. The Bertz CT molecular complexity index is 883. The van der Waals surface area contributed by atoms with E-state index in [9.17, 15) is 9.59 Å². The van der Waals surface area contributed by atoms with Gasteiger partial charge in [0.25, 0.3) is 5.91 Å². The smallest absolute Gasteiger partial charge is 0.253 e. The van der Waals surface area contributed by atoms with E-state index in [0.717, 1.165) is 75.3 Å². The fraction of sp³-hybridized carbons (Fsp3) is 0.565. The van der Waals surface area contributed by atoms with Gasteiger partial charge in [-0.05, 0) is 63.4 Å². The molecule has 0 saturated carbocycles. The fourth-order valence-corrected chi connectivity index (χ4v) is 4.52. The first-order valence-corrected chi connectivity index (χ1v) is 10.8. The number of nitrogens with zero attached hydrogens (tertiary/aromatic N) is 3. The normalized spacial score (nSPS) is 21.0. The van der Waals surface area contributed by atoms with Crippen molar-refractivity contribution in [2.75, 3.05) is 46.3 Å². The first-order valence-electron chi connectivity index (χ1n) is 10.8. The quantitative estimate of drug-likeness (QED) is 0.795. The van der Waals surface area contributed by atoms with Gasteiger partial charge >= 0.3 is 0 Å². The Hall–Kier alpha value is -2.34. The summed E-state index contributed by atoms with van der Waals surface area (Å²) in [5.74, 6) is 1.61. The SMILES string of the molecule is Cc1cc2cc(C(=O)N3CCCC(CCC(=O)N4CCN(C)CC4)C3)ccc2o1. The van der Waals surface area contributed by atoms with E-state index in [-0.39, 0.29) is 11.8 Å². The van der Waals surface area contributed by atoms with Crippen molar-refractivity contribution < 1.29 is 14.0 Å². The summed E-state index contributed by atoms with van der Waals surface area (Å²) in [6.45, 7) is 7.04. The molecule has 0 radical (unpaired) electrons. The number of furan rings is 1. The lowest BCUT2D eigenvalue weighted by atomic mass is 9.92. The molecule has 6 nitrogen and oxygen atoms in total. The number of likely N-dealkylation sites (N-methyl/N-ethyl adjacent to an activating group) is 1. The molecule has 1 aromatic heterocycles. The van der Waals surface area contributed by atoms with Crippen LogP contribution < -0.4 is 0 Å². The summed E-state index contributed by atoms with van der Waals surface area (Å²) < 4.78 is 5.61. The highest BCUT2D eigenvalue weighted by Crippen LogP contribution is 2.25. The van der Waals surface area contributed by atoms with Crippen molar-refractivity contribution in [1.82, 2.24) is 14.7 Å². The lowest BCUT2D eigenvalue weighted by Gasteiger charge is -2.34. The number of hydrogen-bond acceptors (Lipinski definition) is 4. The van der Waals surface area contributed by atoms with Gasteiger partial charge in [0.1, 0.15) is 11.3 Å². The molecule has 0 N–H and O–H groups in total. The third-order valence-corrected chi connectivity index (χ3v) is 6.32. The molecule has 1 atom stereocenters. The molecule has 2 fully saturated rings. The molecule has 0 spiro atoms. The molecule has 156 valence electrons. The standard InChI is InChI=1S/C23H31N3O3/c1-17-14-20-15-19(6-7-21(20)29-17)23(28)26-9-3-4-18(16-26)5-8-22(27)25-12-10-24(2)11-13-25/h6-7,14-15,18H,3-5,8-13,16H2,1-2H3. The van der Waals surface area contributed by atoms with Crippen molar-refractivity contribution in [1.29, 1.82) is 0 Å². The molecule has 2 amide bonds. The van der Waals surface area contributed by atoms with Crippen LogP contribution in [-0.4, -0.2) is 72.8 Å². The van der Waals surface area contributed by atoms with Crippen molar-refractivity contribution in [3.63, 3.8) is 0 Å². The van der Waals surface area contributed by atoms with Gasteiger partial charge in [-0.2, -0.15) is 0 Å². The van der Waals surface area contributed by atoms with Crippen molar-refractivity contribution in [2.45, 2.75) is 32.6 Å². The number of likely N-dealkylation sites (tertiary alicyclic amines) is 1. The highest BCUT2D eigenvalue weighted by molar-refractivity contribution is 5.97. The summed E-state index contributed by atoms with van der Waals surface area (Å²) in [7, 11) is 2.10. The summed E-state index contributed by atoms with van der Waals surface area (Å²) in [4.78, 5) is 31.8. The van der Waals surface area contributed by atoms with Crippen LogP contribution in [-0.2, 0) is 4.79 Å². The van der Waals surface area contributed by atoms with Crippen molar-refractivity contribution in [3.05, 3.63) is 35.6 Å². The molecule has 2 aliphatic rings. The van der Waals surface area contributed by atoms with E-state index < -0.39 is 0 Å². The van der Waals surface area contributed by atoms with Gasteiger partial charge in [-0.3, -0.25) is 9.59 Å². The molecule has 1 unspecified atom stereocenters. The maximum Gasteiger partial charge on any atom is 0.253 e. The molecule has 2 aromatic rings. The highest BCUT2D eigenvalue weighted by Gasteiger charge is 2.26. The number of aryl methyl sites for hydroxylation is 1. The Morgan fingerprint density at radius 3 is 2.66 bits per heavy atom. The van der Waals surface area contributed by atoms with Crippen LogP contribution in [0.1, 0.15) is 41.8 Å². The van der Waals surface area contributed by atoms with Gasteiger partial charge in [0, 0.05) is 56.6 Å². The van der Waals surface area contributed by atoms with E-state index in [4.69, 9.17) is 4.42 Å². The molecule has 4 rings (SSSR count). The van der Waals surface area contributed by atoms with Crippen LogP contribution in [0.2, 0.25) is 0 Å². The molecular formula is C23H31N3O3. The molecule has 3 heterocycles. The molecule has 2 aliphatic heterocycles. The second-order valence-electron chi connectivity index (χ2n) is 8.59. The predicted molar refractivity (Wildman–Crippen MR) is 113 cm³/mol. The lowest BCUT2D eigenvalue weighted by molar-refractivity contribution is -0.133. The summed E-state index contributed by atoms with van der Waals surface area (Å²) in [5.41, 5.74) is 1.53. The minimum absolute atomic E-state index is 0.0841. The summed E-state index contributed by atoms with van der Waals surface area (Å²) in [5, 5.41) is 0.972. The van der Waals surface area contributed by atoms with Crippen LogP contribution in [0.25, 0.3) is 11.0 Å². The molecule has 6 heteroatoms. The topological polar surface area (TPSA) is 57.0 Å². The summed E-state index contributed by atoms with van der Waals surface area (Å²) >= 11 is 0. The molecule has 29 heavy (non-hydrogen) atoms. The van der Waals surface area contributed by atoms with Gasteiger partial charge < -0.3 is 19.1 Å². The monoisotopic (exact) mass is 397 g/mol. The predicted octanol–water partition coefficient (Wildman–Crippen LogP) is 3.15. The Morgan fingerprint density at radius 2 is 1.86 bits per heavy atom. The number of amides is 2. The van der Waals surface area contributed by atoms with Gasteiger partial charge in [0.05, 0.1) is 0 Å². The van der Waals surface area contributed by atoms with E-state index >= 15 is 0 Å². The zero-order valence-corrected chi connectivity index (χ0v) is 17.5. The molecular weight excluding hydrogens is 366 g/mol. The van der Waals surface area contributed by atoms with E-state index in [1.54, 1.807) is 0 Å². The summed E-state index contributed by atoms with van der Waals surface area (Å²) in [6.07, 6.45) is 3.57. The number of fused-ring (bicyclic) bond motifs is 1. The van der Waals surface area contributed by atoms with E-state index in [0.29, 0.717) is 17.9 Å². The molecule has 2 saturated heterocycles. The Kier molecular flexibility index (Phi) is 5.90. The van der Waals surface area contributed by atoms with Crippen LogP contribution in [0.15, 0.2) is 28.7 Å². The van der Waals surface area contributed by atoms with Crippen LogP contribution >= 0.6 is 0 Å². The minimum Gasteiger partial charge on any atom is -0.461 e. The van der Waals surface area contributed by atoms with Gasteiger partial charge in [-0.25, -0.2) is 0 Å². The number of hydrogen-bond donors (Lipinski definition) is 0. The zero-order chi connectivity index (χ0) is 20.4. The number of piperazine rings is 1. The van der Waals surface area contributed by atoms with E-state index in [2.05, 4.69) is 11.9 Å². The number of benzene rings is 1. The third-order valence-electron chi connectivity index (χ3n) is 6.32. The van der Waals surface area contributed by atoms with Gasteiger partial charge in [0.2, 0.25) is 5.91 Å². The Labute approximate surface area is 172 Å². The first kappa shape index (κ1) is 20.0.